The Morgan fingerprint density at radius 1 is 1.71 bits per heavy atom. The van der Waals surface area contributed by atoms with Gasteiger partial charge in [-0.05, 0) is 41.8 Å². The van der Waals surface area contributed by atoms with E-state index in [0.717, 1.165) is 31.5 Å². The van der Waals surface area contributed by atoms with Crippen molar-refractivity contribution in [3.05, 3.63) is 22.4 Å². The number of aliphatic hydroxyl groups excluding tert-OH is 1. The van der Waals surface area contributed by atoms with Gasteiger partial charge in [-0.25, -0.2) is 0 Å². The van der Waals surface area contributed by atoms with Gasteiger partial charge < -0.3 is 15.7 Å². The molecule has 0 aliphatic carbocycles. The van der Waals surface area contributed by atoms with Crippen molar-refractivity contribution in [1.29, 1.82) is 0 Å². The van der Waals surface area contributed by atoms with E-state index in [4.69, 9.17) is 0 Å². The maximum absolute atomic E-state index is 11.8. The Bertz CT molecular complexity index is 347. The van der Waals surface area contributed by atoms with E-state index in [0.29, 0.717) is 6.54 Å². The topological polar surface area (TPSA) is 61.4 Å². The maximum atomic E-state index is 11.8. The molecule has 1 aromatic heterocycles. The second-order valence-corrected chi connectivity index (χ2v) is 5.14. The zero-order valence-corrected chi connectivity index (χ0v) is 10.5. The molecule has 0 aromatic carbocycles. The molecule has 4 nitrogen and oxygen atoms in total. The van der Waals surface area contributed by atoms with Crippen LogP contribution in [0, 0.1) is 5.92 Å². The lowest BCUT2D eigenvalue weighted by Crippen LogP contribution is -2.41. The molecular formula is C12H18N2O2S. The lowest BCUT2D eigenvalue weighted by Gasteiger charge is -2.22. The smallest absolute Gasteiger partial charge is 0.224 e. The Labute approximate surface area is 105 Å². The molecule has 1 saturated heterocycles. The Kier molecular flexibility index (Phi) is 4.53. The Morgan fingerprint density at radius 3 is 3.24 bits per heavy atom. The molecule has 17 heavy (non-hydrogen) atoms. The molecule has 5 heteroatoms. The van der Waals surface area contributed by atoms with Gasteiger partial charge in [0.2, 0.25) is 5.91 Å². The highest BCUT2D eigenvalue weighted by Crippen LogP contribution is 2.16. The van der Waals surface area contributed by atoms with Gasteiger partial charge in [0.05, 0.1) is 12.0 Å². The number of carbonyl (C=O) groups excluding carboxylic acids is 1. The predicted octanol–water partition coefficient (Wildman–Crippen LogP) is 0.897. The van der Waals surface area contributed by atoms with Crippen LogP contribution in [0.15, 0.2) is 16.8 Å². The number of amides is 1. The number of aliphatic hydroxyl groups is 1. The van der Waals surface area contributed by atoms with Gasteiger partial charge in [0, 0.05) is 13.1 Å². The van der Waals surface area contributed by atoms with Crippen molar-refractivity contribution in [2.45, 2.75) is 18.9 Å². The molecule has 2 rings (SSSR count). The molecule has 0 spiro atoms. The lowest BCUT2D eigenvalue weighted by atomic mass is 9.99. The Hall–Kier alpha value is -0.910. The van der Waals surface area contributed by atoms with Crippen LogP contribution in [0.25, 0.3) is 0 Å². The molecule has 2 unspecified atom stereocenters. The van der Waals surface area contributed by atoms with E-state index in [2.05, 4.69) is 10.6 Å². The van der Waals surface area contributed by atoms with Crippen LogP contribution in [0.4, 0.5) is 0 Å². The molecule has 2 atom stereocenters. The van der Waals surface area contributed by atoms with E-state index in [1.54, 1.807) is 11.3 Å². The summed E-state index contributed by atoms with van der Waals surface area (Å²) < 4.78 is 0. The van der Waals surface area contributed by atoms with Crippen LogP contribution in [0.3, 0.4) is 0 Å². The first-order valence-electron chi connectivity index (χ1n) is 5.96. The largest absolute Gasteiger partial charge is 0.387 e. The van der Waals surface area contributed by atoms with E-state index in [1.807, 2.05) is 16.8 Å². The number of carbonyl (C=O) groups is 1. The van der Waals surface area contributed by atoms with Crippen molar-refractivity contribution < 1.29 is 9.90 Å². The van der Waals surface area contributed by atoms with Crippen molar-refractivity contribution in [2.75, 3.05) is 19.6 Å². The number of nitrogens with one attached hydrogen (secondary N) is 2. The summed E-state index contributed by atoms with van der Waals surface area (Å²) in [5, 5.41) is 19.7. The van der Waals surface area contributed by atoms with E-state index < -0.39 is 6.10 Å². The molecule has 94 valence electrons. The van der Waals surface area contributed by atoms with Gasteiger partial charge in [-0.2, -0.15) is 11.3 Å². The highest BCUT2D eigenvalue weighted by atomic mass is 32.1. The molecule has 0 radical (unpaired) electrons. The van der Waals surface area contributed by atoms with E-state index in [1.165, 1.54) is 0 Å². The molecule has 1 amide bonds. The van der Waals surface area contributed by atoms with E-state index in [-0.39, 0.29) is 11.8 Å². The zero-order valence-electron chi connectivity index (χ0n) is 9.69. The first kappa shape index (κ1) is 12.5. The summed E-state index contributed by atoms with van der Waals surface area (Å²) in [6.45, 7) is 2.05. The standard InChI is InChI=1S/C12H18N2O2S/c15-11(10-3-5-17-8-10)7-14-12(16)9-2-1-4-13-6-9/h3,5,8-9,11,13,15H,1-2,4,6-7H2,(H,14,16). The summed E-state index contributed by atoms with van der Waals surface area (Å²) in [7, 11) is 0. The van der Waals surface area contributed by atoms with Crippen molar-refractivity contribution in [3.63, 3.8) is 0 Å². The second kappa shape index (κ2) is 6.14. The van der Waals surface area contributed by atoms with Gasteiger partial charge in [0.25, 0.3) is 0 Å². The van der Waals surface area contributed by atoms with E-state index in [9.17, 15) is 9.90 Å². The molecule has 1 aliphatic heterocycles. The predicted molar refractivity (Wildman–Crippen MR) is 67.9 cm³/mol. The first-order valence-corrected chi connectivity index (χ1v) is 6.90. The van der Waals surface area contributed by atoms with Gasteiger partial charge >= 0.3 is 0 Å². The molecule has 1 aromatic rings. The summed E-state index contributed by atoms with van der Waals surface area (Å²) in [5.74, 6) is 0.102. The molecule has 1 fully saturated rings. The maximum Gasteiger partial charge on any atom is 0.224 e. The molecule has 0 saturated carbocycles. The highest BCUT2D eigenvalue weighted by Gasteiger charge is 2.21. The minimum absolute atomic E-state index is 0.0477. The molecular weight excluding hydrogens is 236 g/mol. The van der Waals surface area contributed by atoms with Crippen LogP contribution in [-0.4, -0.2) is 30.6 Å². The fraction of sp³-hybridized carbons (Fsp3) is 0.583. The van der Waals surface area contributed by atoms with Crippen LogP contribution in [0.2, 0.25) is 0 Å². The fourth-order valence-electron chi connectivity index (χ4n) is 2.00. The van der Waals surface area contributed by atoms with Crippen LogP contribution >= 0.6 is 11.3 Å². The molecule has 3 N–H and O–H groups in total. The molecule has 0 bridgehead atoms. The summed E-state index contributed by atoms with van der Waals surface area (Å²) in [6.07, 6.45) is 1.39. The van der Waals surface area contributed by atoms with Crippen molar-refractivity contribution in [2.24, 2.45) is 5.92 Å². The van der Waals surface area contributed by atoms with Crippen LogP contribution in [0.1, 0.15) is 24.5 Å². The third-order valence-electron chi connectivity index (χ3n) is 3.07. The SMILES string of the molecule is O=C(NCC(O)c1ccsc1)C1CCCNC1. The number of rotatable bonds is 4. The van der Waals surface area contributed by atoms with Crippen molar-refractivity contribution >= 4 is 17.2 Å². The van der Waals surface area contributed by atoms with Gasteiger partial charge in [-0.15, -0.1) is 0 Å². The van der Waals surface area contributed by atoms with Crippen LogP contribution in [-0.2, 0) is 4.79 Å². The zero-order chi connectivity index (χ0) is 12.1. The normalized spacial score (nSPS) is 22.1. The highest BCUT2D eigenvalue weighted by molar-refractivity contribution is 7.07. The molecule has 2 heterocycles. The Balaban J connectivity index is 1.75. The Morgan fingerprint density at radius 2 is 2.59 bits per heavy atom. The third kappa shape index (κ3) is 3.52. The number of piperidine rings is 1. The van der Waals surface area contributed by atoms with Gasteiger partial charge in [-0.1, -0.05) is 0 Å². The minimum atomic E-state index is -0.596. The summed E-state index contributed by atoms with van der Waals surface area (Å²) >= 11 is 1.55. The van der Waals surface area contributed by atoms with Gasteiger partial charge in [0.1, 0.15) is 0 Å². The average Bonchev–Trinajstić information content (AvgIpc) is 2.90. The van der Waals surface area contributed by atoms with Gasteiger partial charge in [-0.3, -0.25) is 4.79 Å². The number of hydrogen-bond acceptors (Lipinski definition) is 4. The molecule has 1 aliphatic rings. The summed E-state index contributed by atoms with van der Waals surface area (Å²) in [5.41, 5.74) is 0.872. The van der Waals surface area contributed by atoms with E-state index >= 15 is 0 Å². The number of thiophene rings is 1. The third-order valence-corrected chi connectivity index (χ3v) is 3.77. The second-order valence-electron chi connectivity index (χ2n) is 4.36. The monoisotopic (exact) mass is 254 g/mol. The lowest BCUT2D eigenvalue weighted by molar-refractivity contribution is -0.125. The number of hydrogen-bond donors (Lipinski definition) is 3. The average molecular weight is 254 g/mol. The summed E-state index contributed by atoms with van der Waals surface area (Å²) in [4.78, 5) is 11.8. The first-order chi connectivity index (χ1) is 8.27. The summed E-state index contributed by atoms with van der Waals surface area (Å²) in [6, 6.07) is 1.88. The van der Waals surface area contributed by atoms with Crippen LogP contribution < -0.4 is 10.6 Å². The quantitative estimate of drug-likeness (QED) is 0.748. The van der Waals surface area contributed by atoms with Gasteiger partial charge in [0.15, 0.2) is 0 Å². The van der Waals surface area contributed by atoms with Crippen molar-refractivity contribution in [3.8, 4) is 0 Å². The minimum Gasteiger partial charge on any atom is -0.387 e. The van der Waals surface area contributed by atoms with Crippen LogP contribution in [0.5, 0.6) is 0 Å². The fourth-order valence-corrected chi connectivity index (χ4v) is 2.71. The van der Waals surface area contributed by atoms with Crippen molar-refractivity contribution in [1.82, 2.24) is 10.6 Å².